The zero-order valence-corrected chi connectivity index (χ0v) is 21.9. The molecule has 0 atom stereocenters. The van der Waals surface area contributed by atoms with Crippen LogP contribution in [0.1, 0.15) is 29.8 Å². The van der Waals surface area contributed by atoms with E-state index in [1.807, 2.05) is 26.0 Å². The number of benzene rings is 4. The molecule has 0 bridgehead atoms. The van der Waals surface area contributed by atoms with E-state index >= 15 is 0 Å². The number of hydrogen-bond acceptors (Lipinski definition) is 5. The monoisotopic (exact) mass is 544 g/mol. The minimum absolute atomic E-state index is 0.190. The van der Waals surface area contributed by atoms with E-state index in [1.165, 1.54) is 0 Å². The summed E-state index contributed by atoms with van der Waals surface area (Å²) in [4.78, 5) is 13.1. The molecule has 186 valence electrons. The third-order valence-electron chi connectivity index (χ3n) is 5.25. The van der Waals surface area contributed by atoms with Gasteiger partial charge in [0.1, 0.15) is 6.61 Å². The predicted molar refractivity (Wildman–Crippen MR) is 143 cm³/mol. The second-order valence-corrected chi connectivity index (χ2v) is 8.94. The van der Waals surface area contributed by atoms with Crippen molar-refractivity contribution in [3.63, 3.8) is 0 Å². The van der Waals surface area contributed by atoms with Gasteiger partial charge in [-0.05, 0) is 61.9 Å². The summed E-state index contributed by atoms with van der Waals surface area (Å²) in [7, 11) is 0. The van der Waals surface area contributed by atoms with Crippen LogP contribution in [0, 0.1) is 0 Å². The summed E-state index contributed by atoms with van der Waals surface area (Å²) < 4.78 is 24.1. The number of ether oxygens (including phenoxy) is 4. The fourth-order valence-electron chi connectivity index (χ4n) is 3.66. The maximum atomic E-state index is 13.1. The van der Waals surface area contributed by atoms with Crippen LogP contribution in [0.4, 0.5) is 0 Å². The molecule has 4 aromatic carbocycles. The van der Waals surface area contributed by atoms with Gasteiger partial charge >= 0.3 is 5.97 Å². The van der Waals surface area contributed by atoms with Gasteiger partial charge in [-0.3, -0.25) is 0 Å². The fourth-order valence-corrected chi connectivity index (χ4v) is 4.17. The lowest BCUT2D eigenvalue weighted by Gasteiger charge is -2.22. The Morgan fingerprint density at radius 3 is 2.00 bits per heavy atom. The Morgan fingerprint density at radius 1 is 0.694 bits per heavy atom. The smallest absolute Gasteiger partial charge is 0.345 e. The molecule has 0 aliphatic heterocycles. The first kappa shape index (κ1) is 26.0. The van der Waals surface area contributed by atoms with Crippen molar-refractivity contribution in [2.45, 2.75) is 20.5 Å². The van der Waals surface area contributed by atoms with Crippen molar-refractivity contribution in [3.05, 3.63) is 92.9 Å². The third-order valence-corrected chi connectivity index (χ3v) is 6.07. The Labute approximate surface area is 224 Å². The minimum Gasteiger partial charge on any atom is -0.487 e. The summed E-state index contributed by atoms with van der Waals surface area (Å²) in [5.74, 6) is 0.543. The molecule has 36 heavy (non-hydrogen) atoms. The van der Waals surface area contributed by atoms with E-state index in [0.29, 0.717) is 45.5 Å². The average molecular weight is 546 g/mol. The standard InChI is InChI=1S/C28H23Cl3O5/c1-3-33-26-24(35-16-17-9-11-18(29)12-10-17)22-15-19(30)13-14-20(22)25(27(26)34-4-2)36-28(32)21-7-5-6-8-23(21)31/h5-15H,3-4,16H2,1-2H3. The SMILES string of the molecule is CCOc1c(OCC)c(OC(=O)c2ccccc2Cl)c2ccc(Cl)cc2c1OCc1ccc(Cl)cc1. The van der Waals surface area contributed by atoms with Crippen LogP contribution in [0.5, 0.6) is 23.0 Å². The van der Waals surface area contributed by atoms with Crippen LogP contribution >= 0.6 is 34.8 Å². The van der Waals surface area contributed by atoms with Gasteiger partial charge < -0.3 is 18.9 Å². The molecule has 0 N–H and O–H groups in total. The van der Waals surface area contributed by atoms with Crippen LogP contribution in [0.15, 0.2) is 66.7 Å². The van der Waals surface area contributed by atoms with Crippen molar-refractivity contribution < 1.29 is 23.7 Å². The molecule has 0 radical (unpaired) electrons. The van der Waals surface area contributed by atoms with Crippen molar-refractivity contribution in [2.24, 2.45) is 0 Å². The molecule has 0 aliphatic rings. The van der Waals surface area contributed by atoms with Gasteiger partial charge in [0.05, 0.1) is 23.8 Å². The molecule has 0 heterocycles. The molecule has 4 rings (SSSR count). The highest BCUT2D eigenvalue weighted by Crippen LogP contribution is 2.52. The van der Waals surface area contributed by atoms with Crippen molar-refractivity contribution in [1.82, 2.24) is 0 Å². The van der Waals surface area contributed by atoms with Gasteiger partial charge in [0.15, 0.2) is 11.5 Å². The zero-order chi connectivity index (χ0) is 25.7. The Morgan fingerprint density at radius 2 is 1.33 bits per heavy atom. The number of halogens is 3. The van der Waals surface area contributed by atoms with Crippen LogP contribution in [-0.2, 0) is 6.61 Å². The zero-order valence-electron chi connectivity index (χ0n) is 19.6. The van der Waals surface area contributed by atoms with E-state index in [0.717, 1.165) is 5.56 Å². The minimum atomic E-state index is -0.630. The Kier molecular flexibility index (Phi) is 8.47. The van der Waals surface area contributed by atoms with E-state index in [9.17, 15) is 4.79 Å². The van der Waals surface area contributed by atoms with Gasteiger partial charge in [0, 0.05) is 20.8 Å². The third kappa shape index (κ3) is 5.65. The first-order valence-corrected chi connectivity index (χ1v) is 12.4. The molecule has 0 fully saturated rings. The van der Waals surface area contributed by atoms with Crippen LogP contribution in [0.25, 0.3) is 10.8 Å². The fraction of sp³-hybridized carbons (Fsp3) is 0.179. The van der Waals surface area contributed by atoms with Gasteiger partial charge in [-0.25, -0.2) is 4.79 Å². The summed E-state index contributed by atoms with van der Waals surface area (Å²) in [6.07, 6.45) is 0. The van der Waals surface area contributed by atoms with Crippen LogP contribution in [0.3, 0.4) is 0 Å². The molecule has 0 spiro atoms. The number of rotatable bonds is 9. The summed E-state index contributed by atoms with van der Waals surface area (Å²) in [6, 6.07) is 19.2. The summed E-state index contributed by atoms with van der Waals surface area (Å²) in [5.41, 5.74) is 1.13. The normalized spacial score (nSPS) is 10.8. The van der Waals surface area contributed by atoms with Gasteiger partial charge in [-0.2, -0.15) is 0 Å². The average Bonchev–Trinajstić information content (AvgIpc) is 2.87. The largest absolute Gasteiger partial charge is 0.487 e. The number of hydrogen-bond donors (Lipinski definition) is 0. The van der Waals surface area contributed by atoms with Crippen LogP contribution in [0.2, 0.25) is 15.1 Å². The van der Waals surface area contributed by atoms with Crippen LogP contribution in [-0.4, -0.2) is 19.2 Å². The van der Waals surface area contributed by atoms with E-state index in [2.05, 4.69) is 0 Å². The second-order valence-electron chi connectivity index (χ2n) is 7.66. The van der Waals surface area contributed by atoms with Gasteiger partial charge in [-0.15, -0.1) is 0 Å². The quantitative estimate of drug-likeness (QED) is 0.156. The van der Waals surface area contributed by atoms with Crippen LogP contribution < -0.4 is 18.9 Å². The molecular formula is C28H23Cl3O5. The Bertz CT molecular complexity index is 1390. The van der Waals surface area contributed by atoms with Gasteiger partial charge in [0.25, 0.3) is 0 Å². The second kappa shape index (κ2) is 11.7. The predicted octanol–water partition coefficient (Wildman–Crippen LogP) is 8.40. The molecule has 4 aromatic rings. The summed E-state index contributed by atoms with van der Waals surface area (Å²) in [5, 5.41) is 2.56. The number of carbonyl (C=O) groups excluding carboxylic acids is 1. The van der Waals surface area contributed by atoms with E-state index in [1.54, 1.807) is 54.6 Å². The molecule has 0 saturated heterocycles. The highest BCUT2D eigenvalue weighted by atomic mass is 35.5. The first-order chi connectivity index (χ1) is 17.4. The maximum Gasteiger partial charge on any atom is 0.345 e. The highest BCUT2D eigenvalue weighted by Gasteiger charge is 2.27. The molecule has 0 amide bonds. The maximum absolute atomic E-state index is 13.1. The van der Waals surface area contributed by atoms with E-state index in [4.69, 9.17) is 53.8 Å². The molecule has 0 saturated carbocycles. The van der Waals surface area contributed by atoms with Crippen molar-refractivity contribution in [1.29, 1.82) is 0 Å². The molecule has 0 unspecified atom stereocenters. The van der Waals surface area contributed by atoms with Crippen molar-refractivity contribution in [2.75, 3.05) is 13.2 Å². The Hall–Kier alpha value is -3.12. The molecular weight excluding hydrogens is 523 g/mol. The van der Waals surface area contributed by atoms with Gasteiger partial charge in [-0.1, -0.05) is 59.1 Å². The summed E-state index contributed by atoms with van der Waals surface area (Å²) in [6.45, 7) is 4.53. The highest BCUT2D eigenvalue weighted by molar-refractivity contribution is 6.33. The number of carbonyl (C=O) groups is 1. The van der Waals surface area contributed by atoms with E-state index in [-0.39, 0.29) is 28.7 Å². The Balaban J connectivity index is 1.88. The first-order valence-electron chi connectivity index (χ1n) is 11.3. The molecule has 8 heteroatoms. The lowest BCUT2D eigenvalue weighted by molar-refractivity contribution is 0.0730. The molecule has 0 aromatic heterocycles. The van der Waals surface area contributed by atoms with Gasteiger partial charge in [0.2, 0.25) is 11.5 Å². The van der Waals surface area contributed by atoms with Crippen molar-refractivity contribution >= 4 is 51.5 Å². The lowest BCUT2D eigenvalue weighted by atomic mass is 10.1. The van der Waals surface area contributed by atoms with Crippen molar-refractivity contribution in [3.8, 4) is 23.0 Å². The number of esters is 1. The molecule has 0 aliphatic carbocycles. The number of fused-ring (bicyclic) bond motifs is 1. The summed E-state index contributed by atoms with van der Waals surface area (Å²) >= 11 is 18.6. The lowest BCUT2D eigenvalue weighted by Crippen LogP contribution is -2.12. The molecule has 5 nitrogen and oxygen atoms in total. The van der Waals surface area contributed by atoms with E-state index < -0.39 is 5.97 Å². The topological polar surface area (TPSA) is 54.0 Å².